The summed E-state index contributed by atoms with van der Waals surface area (Å²) >= 11 is 19.1. The van der Waals surface area contributed by atoms with Crippen LogP contribution in [0.15, 0.2) is 217 Å². The molecule has 0 atom stereocenters. The molecular formula is C74H68BCl2N17O11S5. The fraction of sp³-hybridized carbons (Fsp3) is 0.122. The van der Waals surface area contributed by atoms with Gasteiger partial charge in [0, 0.05) is 79.1 Å². The Labute approximate surface area is 660 Å². The van der Waals surface area contributed by atoms with Crippen molar-refractivity contribution in [2.24, 2.45) is 21.1 Å². The van der Waals surface area contributed by atoms with E-state index in [1.54, 1.807) is 129 Å². The maximum atomic E-state index is 10.7. The van der Waals surface area contributed by atoms with Gasteiger partial charge in [0.1, 0.15) is 68.1 Å². The van der Waals surface area contributed by atoms with E-state index in [2.05, 4.69) is 103 Å². The minimum Gasteiger partial charge on any atom is -0.495 e. The third-order valence-corrected chi connectivity index (χ3v) is 20.6. The van der Waals surface area contributed by atoms with Crippen LogP contribution in [-0.2, 0) is 21.1 Å². The van der Waals surface area contributed by atoms with Gasteiger partial charge in [-0.3, -0.25) is 25.2 Å². The number of pyridine rings is 6. The lowest BCUT2D eigenvalue weighted by atomic mass is 9.90. The number of fused-ring (bicyclic) bond motifs is 3. The van der Waals surface area contributed by atoms with Gasteiger partial charge < -0.3 is 63.4 Å². The number of hydrogen-bond acceptors (Lipinski definition) is 28. The number of ether oxygens (including phenoxy) is 5. The van der Waals surface area contributed by atoms with Crippen molar-refractivity contribution in [3.63, 3.8) is 0 Å². The molecule has 0 aliphatic heterocycles. The summed E-state index contributed by atoms with van der Waals surface area (Å²) in [5.74, 6) is 4.21. The maximum absolute atomic E-state index is 10.7. The van der Waals surface area contributed by atoms with Crippen molar-refractivity contribution in [3.8, 4) is 70.8 Å². The molecule has 0 fully saturated rings. The second-order valence-corrected chi connectivity index (χ2v) is 28.2. The Hall–Kier alpha value is -12.0. The van der Waals surface area contributed by atoms with Crippen LogP contribution in [0.3, 0.4) is 0 Å². The average Bonchev–Trinajstić information content (AvgIpc) is 1.52. The molecule has 14 heterocycles. The molecule has 0 radical (unpaired) electrons. The van der Waals surface area contributed by atoms with E-state index >= 15 is 0 Å². The molecule has 0 bridgehead atoms. The van der Waals surface area contributed by atoms with Gasteiger partial charge in [-0.2, -0.15) is 11.3 Å². The molecule has 28 nitrogen and oxygen atoms in total. The number of anilines is 5. The van der Waals surface area contributed by atoms with Crippen LogP contribution in [0.2, 0.25) is 10.3 Å². The second-order valence-electron chi connectivity index (χ2n) is 22.7. The van der Waals surface area contributed by atoms with Crippen molar-refractivity contribution in [2.75, 3.05) is 58.5 Å². The highest BCUT2D eigenvalue weighted by molar-refractivity contribution is 7.20. The van der Waals surface area contributed by atoms with Gasteiger partial charge in [0.25, 0.3) is 0 Å². The van der Waals surface area contributed by atoms with E-state index in [0.717, 1.165) is 100 Å². The average molecular weight is 1610 g/mol. The van der Waals surface area contributed by atoms with Gasteiger partial charge >= 0.3 is 18.5 Å². The van der Waals surface area contributed by atoms with Crippen LogP contribution in [0.1, 0.15) is 0 Å². The highest BCUT2D eigenvalue weighted by Crippen LogP contribution is 2.39. The number of methoxy groups -OCH3 is 5. The number of nitrogen functional groups attached to an aromatic ring is 1. The van der Waals surface area contributed by atoms with E-state index in [-0.39, 0.29) is 28.0 Å². The number of aryl methyl sites for hydroxylation is 3. The monoisotopic (exact) mass is 1610 g/mol. The summed E-state index contributed by atoms with van der Waals surface area (Å²) in [5, 5.41) is 51.8. The first-order valence-corrected chi connectivity index (χ1v) is 37.5. The van der Waals surface area contributed by atoms with E-state index in [1.165, 1.54) is 58.9 Å². The van der Waals surface area contributed by atoms with Gasteiger partial charge in [0.15, 0.2) is 0 Å². The van der Waals surface area contributed by atoms with Gasteiger partial charge in [-0.1, -0.05) is 71.7 Å². The van der Waals surface area contributed by atoms with Gasteiger partial charge in [-0.15, -0.1) is 45.3 Å². The summed E-state index contributed by atoms with van der Waals surface area (Å²) in [6.45, 7) is 0. The topological polar surface area (TPSA) is 345 Å². The Morgan fingerprint density at radius 1 is 0.473 bits per heavy atom. The van der Waals surface area contributed by atoms with Crippen molar-refractivity contribution in [1.82, 2.24) is 58.6 Å². The molecule has 16 rings (SSSR count). The Morgan fingerprint density at radius 3 is 1.41 bits per heavy atom. The Kier molecular flexibility index (Phi) is 28.3. The number of rotatable bonds is 16. The van der Waals surface area contributed by atoms with E-state index in [1.807, 2.05) is 118 Å². The summed E-state index contributed by atoms with van der Waals surface area (Å²) in [5.41, 5.74) is 17.4. The first-order chi connectivity index (χ1) is 53.2. The minimum atomic E-state index is -1.30. The second kappa shape index (κ2) is 38.7. The normalized spacial score (nSPS) is 10.4. The molecule has 0 saturated heterocycles. The molecule has 0 amide bonds. The van der Waals surface area contributed by atoms with Crippen molar-refractivity contribution in [3.05, 3.63) is 247 Å². The first kappa shape index (κ1) is 80.6. The van der Waals surface area contributed by atoms with E-state index < -0.39 is 17.0 Å². The molecule has 0 aliphatic carbocycles. The smallest absolute Gasteiger partial charge is 0.495 e. The molecule has 2 aromatic carbocycles. The van der Waals surface area contributed by atoms with Crippen LogP contribution in [0.4, 0.5) is 40.1 Å². The number of aromatic nitrogens is 12. The summed E-state index contributed by atoms with van der Waals surface area (Å²) in [4.78, 5) is 63.9. The molecule has 110 heavy (non-hydrogen) atoms. The van der Waals surface area contributed by atoms with Gasteiger partial charge in [0.2, 0.25) is 11.5 Å². The highest BCUT2D eigenvalue weighted by Gasteiger charge is 2.20. The molecule has 0 unspecified atom stereocenters. The predicted molar refractivity (Wildman–Crippen MR) is 440 cm³/mol. The SMILES string of the molecule is COc1cc(-c2cccs2)ccc1N(C)c1cc2c(cn1)ncn2C.COc1cc(-c2cccs2)ccc1Nc1cc2c(cn1)ncn2C.COc1cc(-c2cccs2)ncc1N.COc1cc(-c2cccs2)ncc1[N+](=O)[O-].COc1cc(Cl)ncc1[N+](=O)[O-].Cn1cnc2cnc(Cl)cc21.OB(O)c1cccs1. The molecular weight excluding hydrogens is 1540 g/mol. The van der Waals surface area contributed by atoms with Crippen LogP contribution >= 0.6 is 79.9 Å². The third kappa shape index (κ3) is 20.8. The summed E-state index contributed by atoms with van der Waals surface area (Å²) in [7, 11) is 14.3. The maximum Gasteiger partial charge on any atom is 0.499 e. The van der Waals surface area contributed by atoms with Gasteiger partial charge in [-0.05, 0) is 86.6 Å². The minimum absolute atomic E-state index is 0.111. The largest absolute Gasteiger partial charge is 0.499 e. The molecule has 5 N–H and O–H groups in total. The Morgan fingerprint density at radius 2 is 0.909 bits per heavy atom. The Bertz CT molecular complexity index is 5660. The number of nitro groups is 2. The number of halogens is 2. The molecule has 16 aromatic rings. The molecule has 0 aliphatic rings. The quantitative estimate of drug-likeness (QED) is 0.0302. The summed E-state index contributed by atoms with van der Waals surface area (Å²) in [6.07, 6.45) is 14.4. The molecule has 562 valence electrons. The summed E-state index contributed by atoms with van der Waals surface area (Å²) in [6, 6.07) is 42.5. The predicted octanol–water partition coefficient (Wildman–Crippen LogP) is 16.8. The van der Waals surface area contributed by atoms with Gasteiger partial charge in [0.05, 0.1) is 144 Å². The van der Waals surface area contributed by atoms with E-state index in [4.69, 9.17) is 62.7 Å². The lowest BCUT2D eigenvalue weighted by Crippen LogP contribution is -2.26. The van der Waals surface area contributed by atoms with Crippen LogP contribution in [-0.4, -0.2) is 128 Å². The van der Waals surface area contributed by atoms with Crippen molar-refractivity contribution < 1.29 is 43.6 Å². The Balaban J connectivity index is 0.000000141. The van der Waals surface area contributed by atoms with E-state index in [9.17, 15) is 20.2 Å². The lowest BCUT2D eigenvalue weighted by Gasteiger charge is -2.21. The molecule has 0 saturated carbocycles. The molecule has 14 aromatic heterocycles. The number of thiophene rings is 5. The number of nitrogens with zero attached hydrogens (tertiary/aromatic N) is 15. The number of hydrogen-bond donors (Lipinski definition) is 4. The number of benzene rings is 2. The van der Waals surface area contributed by atoms with Crippen molar-refractivity contribution in [2.45, 2.75) is 0 Å². The third-order valence-electron chi connectivity index (χ3n) is 15.7. The zero-order valence-corrected chi connectivity index (χ0v) is 65.6. The molecule has 0 spiro atoms. The van der Waals surface area contributed by atoms with Crippen LogP contribution in [0.25, 0.3) is 75.1 Å². The number of imidazole rings is 3. The zero-order chi connectivity index (χ0) is 78.4. The fourth-order valence-electron chi connectivity index (χ4n) is 10.1. The number of nitrogens with two attached hydrogens (primary N) is 1. The van der Waals surface area contributed by atoms with Crippen molar-refractivity contribution in [1.29, 1.82) is 0 Å². The first-order valence-electron chi connectivity index (χ1n) is 32.4. The zero-order valence-electron chi connectivity index (χ0n) is 60.0. The van der Waals surface area contributed by atoms with Gasteiger partial charge in [-0.25, -0.2) is 39.9 Å². The fourth-order valence-corrected chi connectivity index (χ4v) is 13.9. The highest BCUT2D eigenvalue weighted by atomic mass is 35.5. The standard InChI is InChI=1S/C19H18N4OS.C18H16N4OS.C10H8N2O3S.C10H10N2OS.C7H6ClN3.C6H5ClN2O3.C4H5BO2S/c1-22-12-21-14-11-20-19(10-16(14)22)23(2)15-7-6-13(9-17(15)24-3)18-5-4-8-25-18;1-22-11-20-14-10-19-18(9-15(14)22)21-13-6-5-12(8-16(13)23-2)17-4-3-7-24-17;1-15-9-5-7(10-3-2-4-16-10)11-6-8(9)12(13)14;1-13-9-5-8(12-6-7(9)11)10-3-2-4-14-10;1-11-4-10-5-3-9-7(8)2-6(5)11;1-12-5-2-6(7)8-3-4(5)9(10)11;6-5(7)4-2-1-3-8-4/h4-12H,1-3H3;3-11H,1-2H3,(H,19,21);2-6H,1H3;2-6H,11H2,1H3;2-4H,1H3;2-3H,1H3;1-3,6-7H. The summed E-state index contributed by atoms with van der Waals surface area (Å²) < 4.78 is 32.5. The van der Waals surface area contributed by atoms with Crippen LogP contribution < -0.4 is 44.4 Å². The van der Waals surface area contributed by atoms with Crippen molar-refractivity contribution >= 4 is 165 Å². The van der Waals surface area contributed by atoms with Crippen LogP contribution in [0, 0.1) is 20.2 Å². The number of nitrogens with one attached hydrogen (secondary N) is 1. The van der Waals surface area contributed by atoms with E-state index in [0.29, 0.717) is 27.1 Å². The molecule has 36 heteroatoms. The lowest BCUT2D eigenvalue weighted by molar-refractivity contribution is -0.386. The van der Waals surface area contributed by atoms with Crippen LogP contribution in [0.5, 0.6) is 28.7 Å².